The fourth-order valence-electron chi connectivity index (χ4n) is 7.68. The molecule has 0 aromatic carbocycles. The maximum absolute atomic E-state index is 13.2. The third-order valence-corrected chi connectivity index (χ3v) is 11.5. The summed E-state index contributed by atoms with van der Waals surface area (Å²) in [6.07, 6.45) is 53.5. The second kappa shape index (κ2) is 46.2. The average molecular weight is 816 g/mol. The van der Waals surface area contributed by atoms with E-state index in [4.69, 9.17) is 4.74 Å². The van der Waals surface area contributed by atoms with E-state index in [1.54, 1.807) is 0 Å². The van der Waals surface area contributed by atoms with Crippen LogP contribution in [0.4, 0.5) is 0 Å². The number of ether oxygens (including phenoxy) is 1. The number of carbonyl (C=O) groups is 2. The van der Waals surface area contributed by atoms with Gasteiger partial charge in [-0.05, 0) is 57.8 Å². The van der Waals surface area contributed by atoms with Gasteiger partial charge in [-0.2, -0.15) is 0 Å². The summed E-state index contributed by atoms with van der Waals surface area (Å²) in [5.41, 5.74) is 0. The molecule has 0 aliphatic rings. The molecule has 3 unspecified atom stereocenters. The summed E-state index contributed by atoms with van der Waals surface area (Å²) in [7, 11) is 0. The number of rotatable bonds is 45. The minimum atomic E-state index is -0.787. The second-order valence-corrected chi connectivity index (χ2v) is 17.2. The standard InChI is InChI=1S/C52H97NO5/c1-4-7-10-13-16-19-21-23-25-26-27-29-32-34-37-40-43-48(58-52(57)45-42-39-36-33-30-28-24-22-20-17-14-11-8-5-2)46-51(56)53-49(47-54)50(55)44-41-38-35-31-18-15-12-9-6-3/h8,11,17,20,24,28,48-50,54-55H,4-7,9-10,12-16,18-19,21-23,25-27,29-47H2,1-3H3,(H,53,56)/b11-8+,20-17+,28-24+. The first-order chi connectivity index (χ1) is 28.5. The molecule has 6 nitrogen and oxygen atoms in total. The lowest BCUT2D eigenvalue weighted by Crippen LogP contribution is -2.46. The summed E-state index contributed by atoms with van der Waals surface area (Å²) in [6, 6.07) is -0.701. The van der Waals surface area contributed by atoms with Gasteiger partial charge in [0.05, 0.1) is 25.2 Å². The first-order valence-corrected chi connectivity index (χ1v) is 25.2. The van der Waals surface area contributed by atoms with Crippen LogP contribution in [0, 0.1) is 0 Å². The highest BCUT2D eigenvalue weighted by Gasteiger charge is 2.24. The second-order valence-electron chi connectivity index (χ2n) is 17.2. The lowest BCUT2D eigenvalue weighted by Gasteiger charge is -2.24. The predicted octanol–water partition coefficient (Wildman–Crippen LogP) is 14.9. The lowest BCUT2D eigenvalue weighted by atomic mass is 10.0. The summed E-state index contributed by atoms with van der Waals surface area (Å²) in [4.78, 5) is 26.1. The quantitative estimate of drug-likeness (QED) is 0.0323. The number of aliphatic hydroxyl groups excluding tert-OH is 2. The van der Waals surface area contributed by atoms with E-state index in [1.807, 2.05) is 0 Å². The van der Waals surface area contributed by atoms with Crippen molar-refractivity contribution in [1.82, 2.24) is 5.32 Å². The highest BCUT2D eigenvalue weighted by Crippen LogP contribution is 2.18. The van der Waals surface area contributed by atoms with E-state index >= 15 is 0 Å². The van der Waals surface area contributed by atoms with Gasteiger partial charge in [0.25, 0.3) is 0 Å². The highest BCUT2D eigenvalue weighted by atomic mass is 16.5. The van der Waals surface area contributed by atoms with E-state index in [0.717, 1.165) is 83.5 Å². The van der Waals surface area contributed by atoms with Gasteiger partial charge in [-0.15, -0.1) is 0 Å². The molecule has 6 heteroatoms. The van der Waals surface area contributed by atoms with Crippen LogP contribution in [-0.4, -0.2) is 46.9 Å². The summed E-state index contributed by atoms with van der Waals surface area (Å²) in [5.74, 6) is -0.491. The zero-order valence-corrected chi connectivity index (χ0v) is 38.7. The Kier molecular flexibility index (Phi) is 44.6. The van der Waals surface area contributed by atoms with E-state index in [0.29, 0.717) is 19.3 Å². The van der Waals surface area contributed by atoms with Crippen molar-refractivity contribution in [3.05, 3.63) is 36.5 Å². The number of allylic oxidation sites excluding steroid dienone is 6. The van der Waals surface area contributed by atoms with Crippen LogP contribution in [0.25, 0.3) is 0 Å². The molecular weight excluding hydrogens is 719 g/mol. The van der Waals surface area contributed by atoms with Gasteiger partial charge < -0.3 is 20.3 Å². The van der Waals surface area contributed by atoms with Crippen molar-refractivity contribution >= 4 is 11.9 Å². The molecule has 3 N–H and O–H groups in total. The van der Waals surface area contributed by atoms with Gasteiger partial charge in [-0.3, -0.25) is 9.59 Å². The number of hydrogen-bond acceptors (Lipinski definition) is 5. The van der Waals surface area contributed by atoms with Gasteiger partial charge in [-0.1, -0.05) is 224 Å². The van der Waals surface area contributed by atoms with Gasteiger partial charge in [-0.25, -0.2) is 0 Å². The molecule has 0 radical (unpaired) electrons. The zero-order valence-electron chi connectivity index (χ0n) is 38.7. The Hall–Kier alpha value is -1.92. The largest absolute Gasteiger partial charge is 0.462 e. The Bertz CT molecular complexity index is 961. The molecule has 0 saturated carbocycles. The molecule has 1 amide bonds. The van der Waals surface area contributed by atoms with E-state index in [1.165, 1.54) is 128 Å². The van der Waals surface area contributed by atoms with Crippen molar-refractivity contribution in [3.8, 4) is 0 Å². The monoisotopic (exact) mass is 816 g/mol. The third-order valence-electron chi connectivity index (χ3n) is 11.5. The Labute approximate surface area is 360 Å². The van der Waals surface area contributed by atoms with Gasteiger partial charge in [0, 0.05) is 6.42 Å². The number of amides is 1. The number of nitrogens with one attached hydrogen (secondary N) is 1. The lowest BCUT2D eigenvalue weighted by molar-refractivity contribution is -0.151. The molecule has 0 bridgehead atoms. The molecule has 0 aromatic rings. The van der Waals surface area contributed by atoms with Crippen LogP contribution in [0.2, 0.25) is 0 Å². The Morgan fingerprint density at radius 3 is 1.41 bits per heavy atom. The molecule has 0 saturated heterocycles. The van der Waals surface area contributed by atoms with Crippen molar-refractivity contribution in [1.29, 1.82) is 0 Å². The van der Waals surface area contributed by atoms with Crippen LogP contribution in [0.3, 0.4) is 0 Å². The number of esters is 1. The maximum atomic E-state index is 13.2. The van der Waals surface area contributed by atoms with Crippen molar-refractivity contribution in [2.45, 2.75) is 277 Å². The summed E-state index contributed by atoms with van der Waals surface area (Å²) in [5, 5.41) is 23.7. The van der Waals surface area contributed by atoms with Crippen LogP contribution >= 0.6 is 0 Å². The predicted molar refractivity (Wildman–Crippen MR) is 250 cm³/mol. The number of hydrogen-bond donors (Lipinski definition) is 3. The molecule has 3 atom stereocenters. The summed E-state index contributed by atoms with van der Waals surface area (Å²) < 4.78 is 5.92. The number of carbonyl (C=O) groups excluding carboxylic acids is 2. The van der Waals surface area contributed by atoms with Gasteiger partial charge in [0.1, 0.15) is 6.10 Å². The Morgan fingerprint density at radius 1 is 0.517 bits per heavy atom. The molecule has 0 aliphatic heterocycles. The van der Waals surface area contributed by atoms with Crippen LogP contribution < -0.4 is 5.32 Å². The number of aliphatic hydroxyl groups is 2. The molecule has 0 fully saturated rings. The average Bonchev–Trinajstić information content (AvgIpc) is 3.22. The third kappa shape index (κ3) is 40.8. The minimum Gasteiger partial charge on any atom is -0.462 e. The van der Waals surface area contributed by atoms with E-state index in [2.05, 4.69) is 62.5 Å². The molecule has 0 rings (SSSR count). The van der Waals surface area contributed by atoms with E-state index < -0.39 is 18.2 Å². The first-order valence-electron chi connectivity index (χ1n) is 25.2. The van der Waals surface area contributed by atoms with Crippen LogP contribution in [0.1, 0.15) is 258 Å². The van der Waals surface area contributed by atoms with Gasteiger partial charge in [0.15, 0.2) is 0 Å². The van der Waals surface area contributed by atoms with Gasteiger partial charge in [0.2, 0.25) is 5.91 Å². The summed E-state index contributed by atoms with van der Waals surface area (Å²) in [6.45, 7) is 6.36. The molecule has 0 heterocycles. The Balaban J connectivity index is 4.58. The van der Waals surface area contributed by atoms with Gasteiger partial charge >= 0.3 is 5.97 Å². The van der Waals surface area contributed by atoms with Crippen LogP contribution in [0.5, 0.6) is 0 Å². The molecule has 0 aromatic heterocycles. The SMILES string of the molecule is CC/C=C/C/C=C/C/C=C/CCCCCCC(=O)OC(CCCCCCCCCCCCCCCCCC)CC(=O)NC(CO)C(O)CCCCCCCCCCC. The summed E-state index contributed by atoms with van der Waals surface area (Å²) >= 11 is 0. The van der Waals surface area contributed by atoms with Crippen molar-refractivity contribution in [2.24, 2.45) is 0 Å². The van der Waals surface area contributed by atoms with Crippen molar-refractivity contribution < 1.29 is 24.5 Å². The normalized spacial score (nSPS) is 13.5. The van der Waals surface area contributed by atoms with Crippen molar-refractivity contribution in [2.75, 3.05) is 6.61 Å². The smallest absolute Gasteiger partial charge is 0.306 e. The van der Waals surface area contributed by atoms with Crippen LogP contribution in [-0.2, 0) is 14.3 Å². The zero-order chi connectivity index (χ0) is 42.4. The maximum Gasteiger partial charge on any atom is 0.306 e. The van der Waals surface area contributed by atoms with E-state index in [9.17, 15) is 19.8 Å². The number of unbranched alkanes of at least 4 members (excludes halogenated alkanes) is 27. The molecular formula is C52H97NO5. The topological polar surface area (TPSA) is 95.9 Å². The first kappa shape index (κ1) is 56.1. The van der Waals surface area contributed by atoms with E-state index in [-0.39, 0.29) is 24.9 Å². The Morgan fingerprint density at radius 2 is 0.931 bits per heavy atom. The van der Waals surface area contributed by atoms with Crippen molar-refractivity contribution in [3.63, 3.8) is 0 Å². The van der Waals surface area contributed by atoms with Crippen LogP contribution in [0.15, 0.2) is 36.5 Å². The molecule has 340 valence electrons. The fraction of sp³-hybridized carbons (Fsp3) is 0.846. The molecule has 0 aliphatic carbocycles. The minimum absolute atomic E-state index is 0.0721. The molecule has 58 heavy (non-hydrogen) atoms. The fourth-order valence-corrected chi connectivity index (χ4v) is 7.68. The molecule has 0 spiro atoms. The highest BCUT2D eigenvalue weighted by molar-refractivity contribution is 5.77.